The molecule has 0 aromatic heterocycles. The standard InChI is InChI=1S/C19H19F2N3O/c1-3-10-24(2)15-7-4-13(5-8-15)19(25)23-18(12-22)16-9-6-14(20)11-17(16)21/h4-9,11,18H,3,10H2,1-2H3,(H,23,25). The molecule has 1 atom stereocenters. The van der Waals surface area contributed by atoms with E-state index in [1.54, 1.807) is 12.1 Å². The Labute approximate surface area is 145 Å². The molecule has 1 amide bonds. The van der Waals surface area contributed by atoms with Crippen molar-refractivity contribution < 1.29 is 13.6 Å². The van der Waals surface area contributed by atoms with Gasteiger partial charge in [-0.25, -0.2) is 8.78 Å². The smallest absolute Gasteiger partial charge is 0.252 e. The second-order valence-corrected chi connectivity index (χ2v) is 5.67. The first-order valence-electron chi connectivity index (χ1n) is 7.93. The Hall–Kier alpha value is -2.94. The highest BCUT2D eigenvalue weighted by molar-refractivity contribution is 5.95. The van der Waals surface area contributed by atoms with Gasteiger partial charge in [-0.2, -0.15) is 5.26 Å². The van der Waals surface area contributed by atoms with Crippen molar-refractivity contribution in [3.8, 4) is 6.07 Å². The van der Waals surface area contributed by atoms with Crippen LogP contribution in [0.3, 0.4) is 0 Å². The van der Waals surface area contributed by atoms with Crippen LogP contribution < -0.4 is 10.2 Å². The summed E-state index contributed by atoms with van der Waals surface area (Å²) in [5.74, 6) is -2.11. The first-order valence-corrected chi connectivity index (χ1v) is 7.93. The molecule has 0 heterocycles. The SMILES string of the molecule is CCCN(C)c1ccc(C(=O)NC(C#N)c2ccc(F)cc2F)cc1. The number of carbonyl (C=O) groups is 1. The molecule has 0 radical (unpaired) electrons. The topological polar surface area (TPSA) is 56.1 Å². The van der Waals surface area contributed by atoms with E-state index in [0.717, 1.165) is 30.8 Å². The number of amides is 1. The van der Waals surface area contributed by atoms with Crippen molar-refractivity contribution >= 4 is 11.6 Å². The van der Waals surface area contributed by atoms with Gasteiger partial charge >= 0.3 is 0 Å². The molecule has 0 aliphatic rings. The lowest BCUT2D eigenvalue weighted by Gasteiger charge is -2.18. The van der Waals surface area contributed by atoms with Gasteiger partial charge in [-0.05, 0) is 36.8 Å². The maximum absolute atomic E-state index is 13.8. The quantitative estimate of drug-likeness (QED) is 0.868. The zero-order valence-corrected chi connectivity index (χ0v) is 14.1. The fourth-order valence-electron chi connectivity index (χ4n) is 2.46. The van der Waals surface area contributed by atoms with Crippen molar-refractivity contribution in [1.82, 2.24) is 5.32 Å². The summed E-state index contributed by atoms with van der Waals surface area (Å²) in [5, 5.41) is 11.7. The van der Waals surface area contributed by atoms with Gasteiger partial charge in [0.1, 0.15) is 17.7 Å². The molecule has 1 N–H and O–H groups in total. The van der Waals surface area contributed by atoms with E-state index in [0.29, 0.717) is 11.6 Å². The number of carbonyl (C=O) groups excluding carboxylic acids is 1. The number of benzene rings is 2. The fourth-order valence-corrected chi connectivity index (χ4v) is 2.46. The summed E-state index contributed by atoms with van der Waals surface area (Å²) in [6.07, 6.45) is 1.01. The summed E-state index contributed by atoms with van der Waals surface area (Å²) in [7, 11) is 1.96. The zero-order valence-electron chi connectivity index (χ0n) is 14.1. The molecule has 6 heteroatoms. The van der Waals surface area contributed by atoms with Crippen LogP contribution in [-0.2, 0) is 0 Å². The Balaban J connectivity index is 2.13. The molecule has 0 spiro atoms. The van der Waals surface area contributed by atoms with Crippen LogP contribution in [-0.4, -0.2) is 19.5 Å². The van der Waals surface area contributed by atoms with Gasteiger partial charge in [-0.15, -0.1) is 0 Å². The maximum Gasteiger partial charge on any atom is 0.252 e. The molecule has 0 saturated heterocycles. The monoisotopic (exact) mass is 343 g/mol. The average Bonchev–Trinajstić information content (AvgIpc) is 2.60. The fraction of sp³-hybridized carbons (Fsp3) is 0.263. The van der Waals surface area contributed by atoms with E-state index in [1.165, 1.54) is 0 Å². The van der Waals surface area contributed by atoms with Gasteiger partial charge in [0.2, 0.25) is 0 Å². The molecular weight excluding hydrogens is 324 g/mol. The lowest BCUT2D eigenvalue weighted by Crippen LogP contribution is -2.28. The Morgan fingerprint density at radius 2 is 1.92 bits per heavy atom. The highest BCUT2D eigenvalue weighted by atomic mass is 19.1. The van der Waals surface area contributed by atoms with Crippen molar-refractivity contribution in [2.75, 3.05) is 18.5 Å². The first kappa shape index (κ1) is 18.4. The van der Waals surface area contributed by atoms with Crippen LogP contribution >= 0.6 is 0 Å². The molecular formula is C19H19F2N3O. The van der Waals surface area contributed by atoms with E-state index in [2.05, 4.69) is 17.1 Å². The summed E-state index contributed by atoms with van der Waals surface area (Å²) in [5.41, 5.74) is 1.26. The van der Waals surface area contributed by atoms with Crippen LogP contribution in [0.5, 0.6) is 0 Å². The van der Waals surface area contributed by atoms with Crippen molar-refractivity contribution in [3.63, 3.8) is 0 Å². The number of halogens is 2. The Morgan fingerprint density at radius 1 is 1.24 bits per heavy atom. The van der Waals surface area contributed by atoms with Gasteiger partial charge in [0.05, 0.1) is 6.07 Å². The normalized spacial score (nSPS) is 11.5. The summed E-state index contributed by atoms with van der Waals surface area (Å²) in [6, 6.07) is 10.4. The minimum Gasteiger partial charge on any atom is -0.375 e. The van der Waals surface area contributed by atoms with Gasteiger partial charge in [-0.3, -0.25) is 4.79 Å². The molecule has 0 aliphatic heterocycles. The predicted molar refractivity (Wildman–Crippen MR) is 92.2 cm³/mol. The number of rotatable bonds is 6. The summed E-state index contributed by atoms with van der Waals surface area (Å²) in [4.78, 5) is 14.4. The molecule has 2 rings (SSSR count). The van der Waals surface area contributed by atoms with Gasteiger partial charge in [0.15, 0.2) is 0 Å². The van der Waals surface area contributed by atoms with Crippen molar-refractivity contribution in [1.29, 1.82) is 5.26 Å². The number of nitrogens with zero attached hydrogens (tertiary/aromatic N) is 2. The van der Waals surface area contributed by atoms with E-state index in [-0.39, 0.29) is 5.56 Å². The van der Waals surface area contributed by atoms with Gasteiger partial charge in [0, 0.05) is 36.5 Å². The molecule has 25 heavy (non-hydrogen) atoms. The lowest BCUT2D eigenvalue weighted by molar-refractivity contribution is 0.0944. The number of nitrogens with one attached hydrogen (secondary N) is 1. The van der Waals surface area contributed by atoms with E-state index in [4.69, 9.17) is 0 Å². The molecule has 0 fully saturated rings. The van der Waals surface area contributed by atoms with Crippen LogP contribution in [0.15, 0.2) is 42.5 Å². The first-order chi connectivity index (χ1) is 12.0. The van der Waals surface area contributed by atoms with Crippen LogP contribution in [0, 0.1) is 23.0 Å². The van der Waals surface area contributed by atoms with Crippen LogP contribution in [0.4, 0.5) is 14.5 Å². The number of hydrogen-bond acceptors (Lipinski definition) is 3. The summed E-state index contributed by atoms with van der Waals surface area (Å²) >= 11 is 0. The van der Waals surface area contributed by atoms with Crippen LogP contribution in [0.2, 0.25) is 0 Å². The molecule has 130 valence electrons. The molecule has 2 aromatic carbocycles. The number of nitriles is 1. The highest BCUT2D eigenvalue weighted by Crippen LogP contribution is 2.19. The minimum atomic E-state index is -1.20. The van der Waals surface area contributed by atoms with Crippen LogP contribution in [0.1, 0.15) is 35.3 Å². The summed E-state index contributed by atoms with van der Waals surface area (Å²) in [6.45, 7) is 2.97. The second kappa shape index (κ2) is 8.25. The third kappa shape index (κ3) is 4.54. The van der Waals surface area contributed by atoms with Gasteiger partial charge in [-0.1, -0.05) is 13.0 Å². The third-order valence-electron chi connectivity index (χ3n) is 3.81. The number of hydrogen-bond donors (Lipinski definition) is 1. The lowest BCUT2D eigenvalue weighted by atomic mass is 10.1. The predicted octanol–water partition coefficient (Wildman–Crippen LogP) is 3.81. The van der Waals surface area contributed by atoms with Gasteiger partial charge in [0.25, 0.3) is 5.91 Å². The molecule has 4 nitrogen and oxygen atoms in total. The van der Waals surface area contributed by atoms with E-state index < -0.39 is 23.6 Å². The Kier molecular flexibility index (Phi) is 6.07. The molecule has 0 aliphatic carbocycles. The van der Waals surface area contributed by atoms with E-state index >= 15 is 0 Å². The Morgan fingerprint density at radius 3 is 2.48 bits per heavy atom. The highest BCUT2D eigenvalue weighted by Gasteiger charge is 2.19. The van der Waals surface area contributed by atoms with Crippen molar-refractivity contribution in [3.05, 3.63) is 65.2 Å². The van der Waals surface area contributed by atoms with Crippen molar-refractivity contribution in [2.24, 2.45) is 0 Å². The molecule has 0 bridgehead atoms. The van der Waals surface area contributed by atoms with E-state index in [9.17, 15) is 18.8 Å². The largest absolute Gasteiger partial charge is 0.375 e. The summed E-state index contributed by atoms with van der Waals surface area (Å²) < 4.78 is 26.8. The minimum absolute atomic E-state index is 0.0726. The van der Waals surface area contributed by atoms with Crippen molar-refractivity contribution in [2.45, 2.75) is 19.4 Å². The number of anilines is 1. The third-order valence-corrected chi connectivity index (χ3v) is 3.81. The second-order valence-electron chi connectivity index (χ2n) is 5.67. The van der Waals surface area contributed by atoms with E-state index in [1.807, 2.05) is 25.2 Å². The average molecular weight is 343 g/mol. The Bertz CT molecular complexity index is 784. The van der Waals surface area contributed by atoms with Crippen LogP contribution in [0.25, 0.3) is 0 Å². The molecule has 1 unspecified atom stereocenters. The van der Waals surface area contributed by atoms with Gasteiger partial charge < -0.3 is 10.2 Å². The molecule has 2 aromatic rings. The maximum atomic E-state index is 13.8. The zero-order chi connectivity index (χ0) is 18.4. The molecule has 0 saturated carbocycles.